The van der Waals surface area contributed by atoms with Gasteiger partial charge in [-0.3, -0.25) is 4.90 Å². The number of aryl methyl sites for hydroxylation is 1. The molecule has 1 atom stereocenters. The Bertz CT molecular complexity index is 844. The lowest BCUT2D eigenvalue weighted by atomic mass is 10.1. The smallest absolute Gasteiger partial charge is 0.200 e. The van der Waals surface area contributed by atoms with Gasteiger partial charge in [-0.05, 0) is 37.4 Å². The van der Waals surface area contributed by atoms with Gasteiger partial charge in [0.25, 0.3) is 0 Å². The molecular weight excluding hydrogens is 312 g/mol. The Hall–Kier alpha value is -2.47. The first-order valence-electron chi connectivity index (χ1n) is 8.84. The molecule has 6 nitrogen and oxygen atoms in total. The van der Waals surface area contributed by atoms with Crippen molar-refractivity contribution in [1.29, 1.82) is 0 Å². The molecule has 4 rings (SSSR count). The van der Waals surface area contributed by atoms with Crippen LogP contribution in [-0.2, 0) is 6.54 Å². The molecule has 25 heavy (non-hydrogen) atoms. The molecule has 0 saturated carbocycles. The Kier molecular flexibility index (Phi) is 4.36. The number of likely N-dealkylation sites (tertiary alicyclic amines) is 1. The van der Waals surface area contributed by atoms with Crippen molar-refractivity contribution in [2.75, 3.05) is 31.6 Å². The highest BCUT2D eigenvalue weighted by atomic mass is 15.4. The fraction of sp³-hybridized carbons (Fsp3) is 0.421. The lowest BCUT2D eigenvalue weighted by Gasteiger charge is -2.24. The number of aromatic nitrogens is 4. The maximum atomic E-state index is 4.43. The van der Waals surface area contributed by atoms with Gasteiger partial charge in [-0.2, -0.15) is 9.61 Å². The molecule has 130 valence electrons. The summed E-state index contributed by atoms with van der Waals surface area (Å²) in [6.07, 6.45) is 2.90. The summed E-state index contributed by atoms with van der Waals surface area (Å²) >= 11 is 0. The van der Waals surface area contributed by atoms with Gasteiger partial charge in [0.2, 0.25) is 5.65 Å². The second-order valence-corrected chi connectivity index (χ2v) is 7.03. The minimum atomic E-state index is 0.671. The van der Waals surface area contributed by atoms with Crippen molar-refractivity contribution < 1.29 is 0 Å². The number of fused-ring (bicyclic) bond motifs is 1. The zero-order chi connectivity index (χ0) is 17.2. The van der Waals surface area contributed by atoms with Crippen LogP contribution in [0.1, 0.15) is 17.7 Å². The van der Waals surface area contributed by atoms with E-state index >= 15 is 0 Å². The van der Waals surface area contributed by atoms with E-state index in [4.69, 9.17) is 0 Å². The van der Waals surface area contributed by atoms with Crippen molar-refractivity contribution in [3.63, 3.8) is 0 Å². The Morgan fingerprint density at radius 3 is 2.92 bits per heavy atom. The summed E-state index contributed by atoms with van der Waals surface area (Å²) in [7, 11) is 2.14. The molecule has 1 unspecified atom stereocenters. The molecule has 6 heteroatoms. The second-order valence-electron chi connectivity index (χ2n) is 7.03. The highest BCUT2D eigenvalue weighted by Gasteiger charge is 2.24. The maximum Gasteiger partial charge on any atom is 0.200 e. The van der Waals surface area contributed by atoms with Crippen molar-refractivity contribution in [3.8, 4) is 0 Å². The van der Waals surface area contributed by atoms with E-state index in [9.17, 15) is 0 Å². The van der Waals surface area contributed by atoms with Crippen LogP contribution in [0.4, 0.5) is 5.69 Å². The molecule has 0 spiro atoms. The van der Waals surface area contributed by atoms with Crippen molar-refractivity contribution in [2.24, 2.45) is 5.92 Å². The van der Waals surface area contributed by atoms with E-state index in [1.807, 2.05) is 6.92 Å². The molecule has 3 aromatic rings. The van der Waals surface area contributed by atoms with E-state index in [1.54, 1.807) is 10.8 Å². The molecule has 0 aliphatic carbocycles. The summed E-state index contributed by atoms with van der Waals surface area (Å²) in [4.78, 5) is 4.85. The van der Waals surface area contributed by atoms with Crippen LogP contribution in [0.5, 0.6) is 0 Å². The lowest BCUT2D eigenvalue weighted by molar-refractivity contribution is 0.317. The normalized spacial score (nSPS) is 18.1. The third-order valence-electron chi connectivity index (χ3n) is 4.93. The minimum absolute atomic E-state index is 0.671. The van der Waals surface area contributed by atoms with Gasteiger partial charge in [0.1, 0.15) is 6.33 Å². The average Bonchev–Trinajstić information content (AvgIpc) is 3.24. The summed E-state index contributed by atoms with van der Waals surface area (Å²) in [5, 5.41) is 12.6. The van der Waals surface area contributed by atoms with E-state index in [-0.39, 0.29) is 0 Å². The second kappa shape index (κ2) is 6.80. The molecule has 0 bridgehead atoms. The minimum Gasteiger partial charge on any atom is -0.371 e. The zero-order valence-corrected chi connectivity index (χ0v) is 14.8. The molecule has 0 amide bonds. The number of rotatable bonds is 5. The molecule has 1 aliphatic heterocycles. The van der Waals surface area contributed by atoms with Crippen LogP contribution in [0, 0.1) is 12.8 Å². The largest absolute Gasteiger partial charge is 0.371 e. The van der Waals surface area contributed by atoms with Crippen molar-refractivity contribution in [3.05, 3.63) is 54.0 Å². The van der Waals surface area contributed by atoms with Crippen molar-refractivity contribution in [1.82, 2.24) is 24.7 Å². The summed E-state index contributed by atoms with van der Waals surface area (Å²) in [6.45, 7) is 6.39. The Morgan fingerprint density at radius 2 is 2.08 bits per heavy atom. The van der Waals surface area contributed by atoms with Gasteiger partial charge in [-0.1, -0.05) is 30.3 Å². The van der Waals surface area contributed by atoms with Crippen LogP contribution in [0.3, 0.4) is 0 Å². The zero-order valence-electron chi connectivity index (χ0n) is 14.8. The molecule has 0 radical (unpaired) electrons. The fourth-order valence-corrected chi connectivity index (χ4v) is 3.75. The van der Waals surface area contributed by atoms with Crippen molar-refractivity contribution >= 4 is 11.3 Å². The maximum absolute atomic E-state index is 4.43. The van der Waals surface area contributed by atoms with Crippen LogP contribution >= 0.6 is 0 Å². The summed E-state index contributed by atoms with van der Waals surface area (Å²) in [5.41, 5.74) is 4.30. The average molecular weight is 336 g/mol. The molecule has 2 aromatic heterocycles. The van der Waals surface area contributed by atoms with Gasteiger partial charge in [0.05, 0.1) is 11.4 Å². The molecule has 1 aromatic carbocycles. The van der Waals surface area contributed by atoms with Gasteiger partial charge in [0, 0.05) is 26.7 Å². The van der Waals surface area contributed by atoms with Gasteiger partial charge in [-0.15, -0.1) is 10.2 Å². The monoisotopic (exact) mass is 336 g/mol. The van der Waals surface area contributed by atoms with Crippen LogP contribution in [-0.4, -0.2) is 51.4 Å². The summed E-state index contributed by atoms with van der Waals surface area (Å²) < 4.78 is 1.76. The summed E-state index contributed by atoms with van der Waals surface area (Å²) in [6, 6.07) is 12.8. The molecule has 1 aliphatic rings. The third-order valence-corrected chi connectivity index (χ3v) is 4.93. The van der Waals surface area contributed by atoms with Crippen LogP contribution < -0.4 is 4.90 Å². The third kappa shape index (κ3) is 3.49. The molecule has 3 heterocycles. The molecular formula is C19H24N6. The quantitative estimate of drug-likeness (QED) is 0.716. The number of hydrogen-bond donors (Lipinski definition) is 0. The first-order valence-corrected chi connectivity index (χ1v) is 8.84. The van der Waals surface area contributed by atoms with Crippen LogP contribution in [0.15, 0.2) is 42.7 Å². The predicted octanol–water partition coefficient (Wildman–Crippen LogP) is 2.39. The van der Waals surface area contributed by atoms with Gasteiger partial charge in [0.15, 0.2) is 0 Å². The Balaban J connectivity index is 1.41. The van der Waals surface area contributed by atoms with Gasteiger partial charge in [-0.25, -0.2) is 0 Å². The highest BCUT2D eigenvalue weighted by molar-refractivity contribution is 5.67. The predicted molar refractivity (Wildman–Crippen MR) is 98.6 cm³/mol. The van der Waals surface area contributed by atoms with Crippen molar-refractivity contribution in [2.45, 2.75) is 19.9 Å². The van der Waals surface area contributed by atoms with E-state index < -0.39 is 0 Å². The molecule has 1 saturated heterocycles. The topological polar surface area (TPSA) is 49.6 Å². The number of nitrogens with zero attached hydrogens (tertiary/aromatic N) is 6. The van der Waals surface area contributed by atoms with E-state index in [0.717, 1.165) is 36.7 Å². The first kappa shape index (κ1) is 16.0. The highest BCUT2D eigenvalue weighted by Crippen LogP contribution is 2.24. The number of benzene rings is 1. The number of anilines is 1. The molecule has 1 fully saturated rings. The standard InChI is InChI=1S/C19H24N6/c1-15-10-18(19-21-20-14-25(19)22-15)23(2)11-17-8-9-24(13-17)12-16-6-4-3-5-7-16/h3-7,10,14,17H,8-9,11-13H2,1-2H3. The SMILES string of the molecule is Cc1cc(N(C)CC2CCN(Cc3ccccc3)C2)c2nncn2n1. The number of hydrogen-bond acceptors (Lipinski definition) is 5. The Morgan fingerprint density at radius 1 is 1.24 bits per heavy atom. The first-order chi connectivity index (χ1) is 12.2. The van der Waals surface area contributed by atoms with E-state index in [1.165, 1.54) is 18.5 Å². The van der Waals surface area contributed by atoms with Crippen LogP contribution in [0.2, 0.25) is 0 Å². The van der Waals surface area contributed by atoms with E-state index in [0.29, 0.717) is 5.92 Å². The van der Waals surface area contributed by atoms with E-state index in [2.05, 4.69) is 68.5 Å². The van der Waals surface area contributed by atoms with Gasteiger partial charge < -0.3 is 4.90 Å². The lowest BCUT2D eigenvalue weighted by Crippen LogP contribution is -2.28. The fourth-order valence-electron chi connectivity index (χ4n) is 3.75. The molecule has 0 N–H and O–H groups in total. The van der Waals surface area contributed by atoms with Gasteiger partial charge >= 0.3 is 0 Å². The Labute approximate surface area is 148 Å². The summed E-state index contributed by atoms with van der Waals surface area (Å²) in [5.74, 6) is 0.671. The van der Waals surface area contributed by atoms with Crippen LogP contribution in [0.25, 0.3) is 5.65 Å².